The first-order chi connectivity index (χ1) is 9.70. The molecule has 0 unspecified atom stereocenters. The van der Waals surface area contributed by atoms with Gasteiger partial charge in [-0.2, -0.15) is 5.26 Å². The molecule has 0 saturated heterocycles. The maximum absolute atomic E-state index is 11.5. The molecule has 0 spiro atoms. The molecule has 5 nitrogen and oxygen atoms in total. The molecular formula is C15H9N3O2. The number of hydrogen-bond donors (Lipinski definition) is 1. The number of nitrogens with zero attached hydrogens (tertiary/aromatic N) is 3. The highest BCUT2D eigenvalue weighted by molar-refractivity contribution is 5.94. The van der Waals surface area contributed by atoms with Crippen molar-refractivity contribution in [3.63, 3.8) is 0 Å². The van der Waals surface area contributed by atoms with Crippen molar-refractivity contribution in [1.29, 1.82) is 5.26 Å². The second kappa shape index (κ2) is 4.52. The summed E-state index contributed by atoms with van der Waals surface area (Å²) in [5.41, 5.74) is 2.28. The Hall–Kier alpha value is -3.13. The van der Waals surface area contributed by atoms with Gasteiger partial charge in [0.2, 0.25) is 0 Å². The second-order valence-electron chi connectivity index (χ2n) is 4.23. The van der Waals surface area contributed by atoms with Crippen LogP contribution in [0.3, 0.4) is 0 Å². The summed E-state index contributed by atoms with van der Waals surface area (Å²) < 4.78 is 1.54. The summed E-state index contributed by atoms with van der Waals surface area (Å²) in [6, 6.07) is 14.0. The van der Waals surface area contributed by atoms with Gasteiger partial charge in [-0.1, -0.05) is 18.2 Å². The molecule has 0 aliphatic carbocycles. The Balaban J connectivity index is 2.27. The van der Waals surface area contributed by atoms with Gasteiger partial charge in [-0.25, -0.2) is 9.78 Å². The van der Waals surface area contributed by atoms with E-state index < -0.39 is 5.97 Å². The van der Waals surface area contributed by atoms with Gasteiger partial charge in [0, 0.05) is 11.8 Å². The third-order valence-electron chi connectivity index (χ3n) is 3.02. The monoisotopic (exact) mass is 263 g/mol. The van der Waals surface area contributed by atoms with Crippen molar-refractivity contribution in [3.05, 3.63) is 59.9 Å². The highest BCUT2D eigenvalue weighted by Gasteiger charge is 2.19. The number of fused-ring (bicyclic) bond motifs is 1. The Bertz CT molecular complexity index is 842. The van der Waals surface area contributed by atoms with Crippen LogP contribution in [0.5, 0.6) is 0 Å². The van der Waals surface area contributed by atoms with E-state index in [4.69, 9.17) is 5.26 Å². The Morgan fingerprint density at radius 2 is 1.95 bits per heavy atom. The normalized spacial score (nSPS) is 10.3. The van der Waals surface area contributed by atoms with E-state index in [0.29, 0.717) is 22.5 Å². The molecule has 0 radical (unpaired) electrons. The summed E-state index contributed by atoms with van der Waals surface area (Å²) >= 11 is 0. The number of benzene rings is 1. The fourth-order valence-electron chi connectivity index (χ4n) is 2.10. The predicted molar refractivity (Wildman–Crippen MR) is 72.3 cm³/mol. The van der Waals surface area contributed by atoms with E-state index in [9.17, 15) is 9.90 Å². The average Bonchev–Trinajstić information content (AvgIpc) is 2.86. The SMILES string of the molecule is N#Cc1ccc(-c2nc3ccccn3c2C(=O)O)cc1. The molecule has 0 bridgehead atoms. The quantitative estimate of drug-likeness (QED) is 0.770. The molecule has 3 rings (SSSR count). The van der Waals surface area contributed by atoms with Crippen molar-refractivity contribution in [2.24, 2.45) is 0 Å². The summed E-state index contributed by atoms with van der Waals surface area (Å²) in [5.74, 6) is -1.04. The van der Waals surface area contributed by atoms with E-state index in [2.05, 4.69) is 4.98 Å². The van der Waals surface area contributed by atoms with Crippen molar-refractivity contribution < 1.29 is 9.90 Å². The number of carboxylic acid groups (broad SMARTS) is 1. The standard InChI is InChI=1S/C15H9N3O2/c16-9-10-4-6-11(7-5-10)13-14(15(19)20)18-8-2-1-3-12(18)17-13/h1-8H,(H,19,20). The van der Waals surface area contributed by atoms with Crippen LogP contribution in [0.25, 0.3) is 16.9 Å². The van der Waals surface area contributed by atoms with Gasteiger partial charge in [0.05, 0.1) is 11.6 Å². The Morgan fingerprint density at radius 3 is 2.60 bits per heavy atom. The van der Waals surface area contributed by atoms with Gasteiger partial charge in [-0.15, -0.1) is 0 Å². The van der Waals surface area contributed by atoms with E-state index in [1.807, 2.05) is 6.07 Å². The number of pyridine rings is 1. The number of hydrogen-bond acceptors (Lipinski definition) is 3. The zero-order chi connectivity index (χ0) is 14.1. The molecule has 20 heavy (non-hydrogen) atoms. The van der Waals surface area contributed by atoms with Gasteiger partial charge in [-0.05, 0) is 24.3 Å². The number of carboxylic acids is 1. The van der Waals surface area contributed by atoms with E-state index >= 15 is 0 Å². The maximum Gasteiger partial charge on any atom is 0.355 e. The molecule has 0 fully saturated rings. The number of nitriles is 1. The molecular weight excluding hydrogens is 254 g/mol. The van der Waals surface area contributed by atoms with Crippen LogP contribution in [0.1, 0.15) is 16.1 Å². The van der Waals surface area contributed by atoms with Crippen LogP contribution >= 0.6 is 0 Å². The van der Waals surface area contributed by atoms with E-state index in [-0.39, 0.29) is 5.69 Å². The molecule has 0 atom stereocenters. The fourth-order valence-corrected chi connectivity index (χ4v) is 2.10. The van der Waals surface area contributed by atoms with Crippen LogP contribution in [0.4, 0.5) is 0 Å². The summed E-state index contributed by atoms with van der Waals surface area (Å²) in [4.78, 5) is 15.8. The molecule has 0 amide bonds. The zero-order valence-corrected chi connectivity index (χ0v) is 10.3. The third-order valence-corrected chi connectivity index (χ3v) is 3.02. The van der Waals surface area contributed by atoms with Crippen molar-refractivity contribution >= 4 is 11.6 Å². The highest BCUT2D eigenvalue weighted by atomic mass is 16.4. The molecule has 0 aliphatic heterocycles. The minimum atomic E-state index is -1.04. The Morgan fingerprint density at radius 1 is 1.20 bits per heavy atom. The topological polar surface area (TPSA) is 78.4 Å². The molecule has 2 heterocycles. The van der Waals surface area contributed by atoms with Crippen LogP contribution in [0.15, 0.2) is 48.7 Å². The van der Waals surface area contributed by atoms with Crippen LogP contribution in [-0.4, -0.2) is 20.5 Å². The number of imidazole rings is 1. The van der Waals surface area contributed by atoms with Crippen molar-refractivity contribution in [3.8, 4) is 17.3 Å². The molecule has 0 aliphatic rings. The van der Waals surface area contributed by atoms with Crippen LogP contribution in [-0.2, 0) is 0 Å². The molecule has 96 valence electrons. The fraction of sp³-hybridized carbons (Fsp3) is 0. The molecule has 1 aromatic carbocycles. The van der Waals surface area contributed by atoms with E-state index in [1.54, 1.807) is 48.7 Å². The third kappa shape index (κ3) is 1.80. The molecule has 0 saturated carbocycles. The van der Waals surface area contributed by atoms with Gasteiger partial charge in [0.1, 0.15) is 11.3 Å². The smallest absolute Gasteiger partial charge is 0.355 e. The number of aromatic carboxylic acids is 1. The summed E-state index contributed by atoms with van der Waals surface area (Å²) in [6.45, 7) is 0. The van der Waals surface area contributed by atoms with Crippen LogP contribution in [0, 0.1) is 11.3 Å². The highest BCUT2D eigenvalue weighted by Crippen LogP contribution is 2.24. The lowest BCUT2D eigenvalue weighted by Crippen LogP contribution is -2.03. The van der Waals surface area contributed by atoms with Gasteiger partial charge >= 0.3 is 5.97 Å². The Labute approximate surface area is 114 Å². The average molecular weight is 263 g/mol. The lowest BCUT2D eigenvalue weighted by Gasteiger charge is -2.00. The minimum Gasteiger partial charge on any atom is -0.476 e. The van der Waals surface area contributed by atoms with Crippen molar-refractivity contribution in [1.82, 2.24) is 9.38 Å². The lowest BCUT2D eigenvalue weighted by molar-refractivity contribution is 0.0690. The largest absolute Gasteiger partial charge is 0.476 e. The predicted octanol–water partition coefficient (Wildman–Crippen LogP) is 2.57. The molecule has 1 N–H and O–H groups in total. The zero-order valence-electron chi connectivity index (χ0n) is 10.3. The maximum atomic E-state index is 11.5. The van der Waals surface area contributed by atoms with Gasteiger partial charge < -0.3 is 5.11 Å². The van der Waals surface area contributed by atoms with Crippen LogP contribution in [0.2, 0.25) is 0 Å². The molecule has 5 heteroatoms. The molecule has 2 aromatic heterocycles. The number of rotatable bonds is 2. The van der Waals surface area contributed by atoms with E-state index in [0.717, 1.165) is 0 Å². The van der Waals surface area contributed by atoms with Gasteiger partial charge in [-0.3, -0.25) is 4.40 Å². The molecule has 3 aromatic rings. The second-order valence-corrected chi connectivity index (χ2v) is 4.23. The first-order valence-corrected chi connectivity index (χ1v) is 5.91. The number of carbonyl (C=O) groups is 1. The summed E-state index contributed by atoms with van der Waals surface area (Å²) in [5, 5.41) is 18.2. The van der Waals surface area contributed by atoms with Gasteiger partial charge in [0.15, 0.2) is 5.69 Å². The Kier molecular flexibility index (Phi) is 2.70. The minimum absolute atomic E-state index is 0.116. The first kappa shape index (κ1) is 11.9. The summed E-state index contributed by atoms with van der Waals surface area (Å²) in [6.07, 6.45) is 1.67. The summed E-state index contributed by atoms with van der Waals surface area (Å²) in [7, 11) is 0. The van der Waals surface area contributed by atoms with Crippen molar-refractivity contribution in [2.75, 3.05) is 0 Å². The van der Waals surface area contributed by atoms with Gasteiger partial charge in [0.25, 0.3) is 0 Å². The van der Waals surface area contributed by atoms with Crippen LogP contribution < -0.4 is 0 Å². The van der Waals surface area contributed by atoms with Crippen molar-refractivity contribution in [2.45, 2.75) is 0 Å². The first-order valence-electron chi connectivity index (χ1n) is 5.91. The van der Waals surface area contributed by atoms with E-state index in [1.165, 1.54) is 4.40 Å². The lowest BCUT2D eigenvalue weighted by atomic mass is 10.1. The number of aromatic nitrogens is 2.